The lowest BCUT2D eigenvalue weighted by atomic mass is 10.1. The van der Waals surface area contributed by atoms with Gasteiger partial charge in [-0.05, 0) is 41.5 Å². The molecular formula is C19H15ClFNO3S2. The van der Waals surface area contributed by atoms with Crippen LogP contribution in [-0.4, -0.2) is 29.3 Å². The first-order valence-electron chi connectivity index (χ1n) is 7.85. The molecule has 1 saturated heterocycles. The van der Waals surface area contributed by atoms with Crippen LogP contribution in [0.1, 0.15) is 11.1 Å². The van der Waals surface area contributed by atoms with E-state index in [4.69, 9.17) is 33.3 Å². The molecule has 1 amide bonds. The van der Waals surface area contributed by atoms with Gasteiger partial charge in [0.15, 0.2) is 11.5 Å². The molecule has 0 N–H and O–H groups in total. The predicted molar refractivity (Wildman–Crippen MR) is 110 cm³/mol. The van der Waals surface area contributed by atoms with Crippen LogP contribution in [0.3, 0.4) is 0 Å². The zero-order chi connectivity index (χ0) is 19.6. The van der Waals surface area contributed by atoms with Gasteiger partial charge in [0, 0.05) is 7.05 Å². The number of thiocarbonyl (C=S) groups is 1. The van der Waals surface area contributed by atoms with Gasteiger partial charge in [-0.15, -0.1) is 0 Å². The third-order valence-electron chi connectivity index (χ3n) is 3.83. The van der Waals surface area contributed by atoms with Crippen molar-refractivity contribution in [3.8, 4) is 11.5 Å². The number of thioether (sulfide) groups is 1. The van der Waals surface area contributed by atoms with Crippen molar-refractivity contribution in [3.63, 3.8) is 0 Å². The molecule has 1 aliphatic rings. The number of halogens is 2. The minimum atomic E-state index is -0.309. The molecule has 0 aromatic heterocycles. The number of nitrogens with zero attached hydrogens (tertiary/aromatic N) is 1. The van der Waals surface area contributed by atoms with Crippen LogP contribution in [0.4, 0.5) is 4.39 Å². The summed E-state index contributed by atoms with van der Waals surface area (Å²) < 4.78 is 24.6. The lowest BCUT2D eigenvalue weighted by molar-refractivity contribution is -0.121. The largest absolute Gasteiger partial charge is 0.493 e. The Morgan fingerprint density at radius 2 is 2.00 bits per heavy atom. The second-order valence-corrected chi connectivity index (χ2v) is 7.77. The van der Waals surface area contributed by atoms with Crippen molar-refractivity contribution in [2.45, 2.75) is 6.61 Å². The molecule has 0 atom stereocenters. The Morgan fingerprint density at radius 3 is 2.59 bits per heavy atom. The van der Waals surface area contributed by atoms with Gasteiger partial charge >= 0.3 is 0 Å². The van der Waals surface area contributed by atoms with E-state index in [1.807, 2.05) is 0 Å². The molecule has 0 spiro atoms. The molecule has 0 saturated carbocycles. The van der Waals surface area contributed by atoms with Gasteiger partial charge in [0.2, 0.25) is 0 Å². The molecular weight excluding hydrogens is 409 g/mol. The molecule has 27 heavy (non-hydrogen) atoms. The minimum Gasteiger partial charge on any atom is -0.493 e. The van der Waals surface area contributed by atoms with Crippen LogP contribution in [0, 0.1) is 5.82 Å². The van der Waals surface area contributed by atoms with Gasteiger partial charge in [-0.25, -0.2) is 4.39 Å². The summed E-state index contributed by atoms with van der Waals surface area (Å²) in [5, 5.41) is 0.342. The number of amides is 1. The number of hydrogen-bond donors (Lipinski definition) is 0. The maximum Gasteiger partial charge on any atom is 0.265 e. The molecule has 2 aromatic carbocycles. The summed E-state index contributed by atoms with van der Waals surface area (Å²) >= 11 is 12.7. The Kier molecular flexibility index (Phi) is 6.04. The minimum absolute atomic E-state index is 0.156. The number of rotatable bonds is 5. The zero-order valence-corrected chi connectivity index (χ0v) is 16.9. The molecule has 8 heteroatoms. The fourth-order valence-electron chi connectivity index (χ4n) is 2.40. The maximum atomic E-state index is 13.0. The van der Waals surface area contributed by atoms with E-state index in [0.29, 0.717) is 31.3 Å². The first-order chi connectivity index (χ1) is 12.9. The summed E-state index contributed by atoms with van der Waals surface area (Å²) in [6.07, 6.45) is 1.71. The highest BCUT2D eigenvalue weighted by Gasteiger charge is 2.28. The lowest BCUT2D eigenvalue weighted by Gasteiger charge is -2.13. The molecule has 1 aliphatic heterocycles. The van der Waals surface area contributed by atoms with Crippen LogP contribution in [0.25, 0.3) is 6.08 Å². The SMILES string of the molecule is COc1cc(/C=C2/SC(=S)N(C)C2=O)cc(Cl)c1OCc1ccc(F)cc1. The summed E-state index contributed by atoms with van der Waals surface area (Å²) in [4.78, 5) is 14.1. The van der Waals surface area contributed by atoms with E-state index in [1.54, 1.807) is 37.4 Å². The Labute approximate surface area is 170 Å². The topological polar surface area (TPSA) is 38.8 Å². The van der Waals surface area contributed by atoms with Gasteiger partial charge in [-0.1, -0.05) is 47.7 Å². The number of likely N-dealkylation sites (N-methyl/N-ethyl adjacent to an activating group) is 1. The fourth-order valence-corrected chi connectivity index (χ4v) is 3.85. The van der Waals surface area contributed by atoms with Crippen molar-refractivity contribution in [2.75, 3.05) is 14.2 Å². The van der Waals surface area contributed by atoms with E-state index in [9.17, 15) is 9.18 Å². The Hall–Kier alpha value is -2.09. The van der Waals surface area contributed by atoms with Crippen LogP contribution >= 0.6 is 35.6 Å². The molecule has 1 heterocycles. The molecule has 0 radical (unpaired) electrons. The molecule has 3 rings (SSSR count). The van der Waals surface area contributed by atoms with Gasteiger partial charge in [0.05, 0.1) is 17.0 Å². The number of methoxy groups -OCH3 is 1. The van der Waals surface area contributed by atoms with Crippen LogP contribution in [0.5, 0.6) is 11.5 Å². The molecule has 1 fully saturated rings. The zero-order valence-electron chi connectivity index (χ0n) is 14.5. The summed E-state index contributed by atoms with van der Waals surface area (Å²) in [7, 11) is 3.14. The van der Waals surface area contributed by atoms with Crippen molar-refractivity contribution >= 4 is 51.9 Å². The third-order valence-corrected chi connectivity index (χ3v) is 5.60. The van der Waals surface area contributed by atoms with E-state index in [0.717, 1.165) is 5.56 Å². The van der Waals surface area contributed by atoms with E-state index >= 15 is 0 Å². The number of carbonyl (C=O) groups excluding carboxylic acids is 1. The van der Waals surface area contributed by atoms with E-state index < -0.39 is 0 Å². The first kappa shape index (κ1) is 19.7. The highest BCUT2D eigenvalue weighted by molar-refractivity contribution is 8.26. The van der Waals surface area contributed by atoms with Gasteiger partial charge in [-0.3, -0.25) is 9.69 Å². The average molecular weight is 424 g/mol. The summed E-state index contributed by atoms with van der Waals surface area (Å²) in [5.41, 5.74) is 1.49. The molecule has 140 valence electrons. The van der Waals surface area contributed by atoms with E-state index in [-0.39, 0.29) is 18.3 Å². The molecule has 4 nitrogen and oxygen atoms in total. The molecule has 0 aliphatic carbocycles. The summed E-state index contributed by atoms with van der Waals surface area (Å²) in [5.74, 6) is 0.347. The lowest BCUT2D eigenvalue weighted by Crippen LogP contribution is -2.22. The van der Waals surface area contributed by atoms with Crippen molar-refractivity contribution in [3.05, 3.63) is 63.3 Å². The number of benzene rings is 2. The number of carbonyl (C=O) groups is 1. The van der Waals surface area contributed by atoms with Crippen LogP contribution in [-0.2, 0) is 11.4 Å². The normalized spacial score (nSPS) is 15.6. The van der Waals surface area contributed by atoms with Crippen molar-refractivity contribution in [1.29, 1.82) is 0 Å². The average Bonchev–Trinajstić information content (AvgIpc) is 2.88. The molecule has 0 unspecified atom stereocenters. The monoisotopic (exact) mass is 423 g/mol. The second kappa shape index (κ2) is 8.29. The standard InChI is InChI=1S/C19H15ClFNO3S2/c1-22-18(23)16(27-19(22)26)9-12-7-14(20)17(15(8-12)24-2)25-10-11-3-5-13(21)6-4-11/h3-9H,10H2,1-2H3/b16-9+. The van der Waals surface area contributed by atoms with Crippen LogP contribution in [0.2, 0.25) is 5.02 Å². The van der Waals surface area contributed by atoms with Crippen LogP contribution < -0.4 is 9.47 Å². The quantitative estimate of drug-likeness (QED) is 0.505. The summed E-state index contributed by atoms with van der Waals surface area (Å²) in [6.45, 7) is 0.212. The first-order valence-corrected chi connectivity index (χ1v) is 9.45. The highest BCUT2D eigenvalue weighted by Crippen LogP contribution is 2.39. The van der Waals surface area contributed by atoms with E-state index in [2.05, 4.69) is 0 Å². The Morgan fingerprint density at radius 1 is 1.30 bits per heavy atom. The predicted octanol–water partition coefficient (Wildman–Crippen LogP) is 4.90. The van der Waals surface area contributed by atoms with Crippen molar-refractivity contribution < 1.29 is 18.7 Å². The van der Waals surface area contributed by atoms with Gasteiger partial charge in [0.25, 0.3) is 5.91 Å². The van der Waals surface area contributed by atoms with E-state index in [1.165, 1.54) is 35.9 Å². The summed E-state index contributed by atoms with van der Waals surface area (Å²) in [6, 6.07) is 9.42. The smallest absolute Gasteiger partial charge is 0.265 e. The fraction of sp³-hybridized carbons (Fsp3) is 0.158. The van der Waals surface area contributed by atoms with Gasteiger partial charge in [-0.2, -0.15) is 0 Å². The van der Waals surface area contributed by atoms with Crippen LogP contribution in [0.15, 0.2) is 41.3 Å². The molecule has 2 aromatic rings. The Bertz CT molecular complexity index is 931. The second-order valence-electron chi connectivity index (χ2n) is 5.69. The van der Waals surface area contributed by atoms with Crippen molar-refractivity contribution in [2.24, 2.45) is 0 Å². The number of ether oxygens (including phenoxy) is 2. The number of hydrogen-bond acceptors (Lipinski definition) is 5. The maximum absolute atomic E-state index is 13.0. The third kappa shape index (κ3) is 4.43. The van der Waals surface area contributed by atoms with Crippen molar-refractivity contribution in [1.82, 2.24) is 4.90 Å². The Balaban J connectivity index is 1.84. The van der Waals surface area contributed by atoms with Gasteiger partial charge < -0.3 is 9.47 Å². The molecule has 0 bridgehead atoms. The highest BCUT2D eigenvalue weighted by atomic mass is 35.5. The van der Waals surface area contributed by atoms with Gasteiger partial charge in [0.1, 0.15) is 16.7 Å².